The van der Waals surface area contributed by atoms with Gasteiger partial charge in [0.15, 0.2) is 24.0 Å². The molecule has 3 rings (SSSR count). The minimum atomic E-state index is -4.80. The van der Waals surface area contributed by atoms with E-state index in [4.69, 9.17) is 0 Å². The topological polar surface area (TPSA) is 9.23 Å². The van der Waals surface area contributed by atoms with Crippen LogP contribution in [0.25, 0.3) is 22.3 Å². The molecule has 3 aromatic rings. The Morgan fingerprint density at radius 2 is 1.17 bits per heavy atom. The minimum absolute atomic E-state index is 0.217. The van der Waals surface area contributed by atoms with Crippen LogP contribution in [0.2, 0.25) is 0 Å². The third-order valence-electron chi connectivity index (χ3n) is 4.09. The molecule has 3 aromatic carbocycles. The van der Waals surface area contributed by atoms with Crippen molar-refractivity contribution in [3.63, 3.8) is 0 Å². The standard InChI is InChI=1S/C21H13F7O/c1-11-2-4-12(5-3-11)13-6-15(22)19(16(23)7-13)14-8-17(24)20(18(25)9-14)29-10-21(26,27)28/h2-9H,10H2,1H3. The number of ether oxygens (including phenoxy) is 1. The third kappa shape index (κ3) is 4.70. The van der Waals surface area contributed by atoms with Gasteiger partial charge < -0.3 is 4.74 Å². The third-order valence-corrected chi connectivity index (χ3v) is 4.09. The van der Waals surface area contributed by atoms with Crippen molar-refractivity contribution in [3.8, 4) is 28.0 Å². The molecule has 0 bridgehead atoms. The smallest absolute Gasteiger partial charge is 0.422 e. The van der Waals surface area contributed by atoms with Gasteiger partial charge in [0.2, 0.25) is 0 Å². The maximum Gasteiger partial charge on any atom is 0.422 e. The van der Waals surface area contributed by atoms with Crippen molar-refractivity contribution in [1.29, 1.82) is 0 Å². The fraction of sp³-hybridized carbons (Fsp3) is 0.143. The van der Waals surface area contributed by atoms with E-state index in [0.29, 0.717) is 17.7 Å². The Bertz CT molecular complexity index is 994. The molecule has 0 aliphatic rings. The Kier molecular flexibility index (Phi) is 5.55. The first-order valence-electron chi connectivity index (χ1n) is 8.30. The molecule has 0 spiro atoms. The summed E-state index contributed by atoms with van der Waals surface area (Å²) in [4.78, 5) is 0. The average Bonchev–Trinajstić information content (AvgIpc) is 2.60. The Labute approximate surface area is 161 Å². The number of benzene rings is 3. The molecule has 29 heavy (non-hydrogen) atoms. The molecule has 152 valence electrons. The molecule has 0 radical (unpaired) electrons. The highest BCUT2D eigenvalue weighted by Crippen LogP contribution is 2.35. The number of hydrogen-bond donors (Lipinski definition) is 0. The predicted molar refractivity (Wildman–Crippen MR) is 93.4 cm³/mol. The monoisotopic (exact) mass is 414 g/mol. The highest BCUT2D eigenvalue weighted by molar-refractivity contribution is 5.72. The van der Waals surface area contributed by atoms with E-state index in [1.54, 1.807) is 24.3 Å². The number of alkyl halides is 3. The molecule has 0 N–H and O–H groups in total. The highest BCUT2D eigenvalue weighted by atomic mass is 19.4. The van der Waals surface area contributed by atoms with Crippen molar-refractivity contribution in [1.82, 2.24) is 0 Å². The van der Waals surface area contributed by atoms with Gasteiger partial charge in [-0.05, 0) is 47.9 Å². The van der Waals surface area contributed by atoms with Crippen LogP contribution in [-0.2, 0) is 0 Å². The van der Waals surface area contributed by atoms with Crippen LogP contribution in [0.3, 0.4) is 0 Å². The Balaban J connectivity index is 1.99. The van der Waals surface area contributed by atoms with Crippen molar-refractivity contribution in [3.05, 3.63) is 77.4 Å². The minimum Gasteiger partial charge on any atom is -0.478 e. The van der Waals surface area contributed by atoms with Crippen LogP contribution in [-0.4, -0.2) is 12.8 Å². The summed E-state index contributed by atoms with van der Waals surface area (Å²) in [5.41, 5.74) is 0.485. The van der Waals surface area contributed by atoms with Gasteiger partial charge in [0.1, 0.15) is 11.6 Å². The van der Waals surface area contributed by atoms with E-state index < -0.39 is 52.9 Å². The van der Waals surface area contributed by atoms with E-state index in [9.17, 15) is 30.7 Å². The van der Waals surface area contributed by atoms with Crippen LogP contribution in [0.1, 0.15) is 5.56 Å². The van der Waals surface area contributed by atoms with Gasteiger partial charge in [0, 0.05) is 0 Å². The summed E-state index contributed by atoms with van der Waals surface area (Å²) in [5, 5.41) is 0. The first kappa shape index (κ1) is 20.7. The Morgan fingerprint density at radius 1 is 0.690 bits per heavy atom. The van der Waals surface area contributed by atoms with Gasteiger partial charge in [-0.1, -0.05) is 29.8 Å². The lowest BCUT2D eigenvalue weighted by atomic mass is 9.98. The zero-order chi connectivity index (χ0) is 21.3. The van der Waals surface area contributed by atoms with Gasteiger partial charge >= 0.3 is 6.18 Å². The van der Waals surface area contributed by atoms with Crippen molar-refractivity contribution in [2.24, 2.45) is 0 Å². The van der Waals surface area contributed by atoms with Crippen LogP contribution < -0.4 is 4.74 Å². The Morgan fingerprint density at radius 3 is 1.66 bits per heavy atom. The molecule has 8 heteroatoms. The summed E-state index contributed by atoms with van der Waals surface area (Å²) in [6.07, 6.45) is -4.80. The molecule has 0 unspecified atom stereocenters. The maximum atomic E-state index is 14.6. The van der Waals surface area contributed by atoms with E-state index in [0.717, 1.165) is 17.7 Å². The molecule has 0 heterocycles. The van der Waals surface area contributed by atoms with Gasteiger partial charge in [-0.25, -0.2) is 17.6 Å². The molecule has 0 aliphatic carbocycles. The van der Waals surface area contributed by atoms with Gasteiger partial charge in [-0.15, -0.1) is 0 Å². The molecule has 0 saturated carbocycles. The van der Waals surface area contributed by atoms with Crippen LogP contribution >= 0.6 is 0 Å². The van der Waals surface area contributed by atoms with Crippen molar-refractivity contribution in [2.45, 2.75) is 13.1 Å². The van der Waals surface area contributed by atoms with Crippen LogP contribution in [0.5, 0.6) is 5.75 Å². The molecule has 0 aliphatic heterocycles. The summed E-state index contributed by atoms with van der Waals surface area (Å²) in [6.45, 7) is -0.0621. The van der Waals surface area contributed by atoms with E-state index in [2.05, 4.69) is 4.74 Å². The molecular formula is C21H13F7O. The van der Waals surface area contributed by atoms with E-state index in [-0.39, 0.29) is 5.56 Å². The summed E-state index contributed by atoms with van der Waals surface area (Å²) in [6, 6.07) is 9.88. The number of hydrogen-bond acceptors (Lipinski definition) is 1. The molecule has 0 saturated heterocycles. The van der Waals surface area contributed by atoms with Crippen molar-refractivity contribution in [2.75, 3.05) is 6.61 Å². The molecule has 0 atom stereocenters. The van der Waals surface area contributed by atoms with Crippen LogP contribution in [0.15, 0.2) is 48.5 Å². The lowest BCUT2D eigenvalue weighted by Crippen LogP contribution is -2.20. The SMILES string of the molecule is Cc1ccc(-c2cc(F)c(-c3cc(F)c(OCC(F)(F)F)c(F)c3)c(F)c2)cc1. The number of aryl methyl sites for hydroxylation is 1. The van der Waals surface area contributed by atoms with Gasteiger partial charge in [0.05, 0.1) is 5.56 Å². The zero-order valence-electron chi connectivity index (χ0n) is 14.9. The lowest BCUT2D eigenvalue weighted by Gasteiger charge is -2.13. The van der Waals surface area contributed by atoms with E-state index >= 15 is 0 Å². The molecule has 0 fully saturated rings. The Hall–Kier alpha value is -3.03. The molecule has 0 aromatic heterocycles. The fourth-order valence-corrected chi connectivity index (χ4v) is 2.76. The summed E-state index contributed by atoms with van der Waals surface area (Å²) in [7, 11) is 0. The average molecular weight is 414 g/mol. The van der Waals surface area contributed by atoms with Crippen molar-refractivity contribution >= 4 is 0 Å². The quantitative estimate of drug-likeness (QED) is 0.426. The van der Waals surface area contributed by atoms with E-state index in [1.807, 2.05) is 6.92 Å². The second-order valence-electron chi connectivity index (χ2n) is 6.35. The lowest BCUT2D eigenvalue weighted by molar-refractivity contribution is -0.154. The fourth-order valence-electron chi connectivity index (χ4n) is 2.76. The van der Waals surface area contributed by atoms with Gasteiger partial charge in [0.25, 0.3) is 0 Å². The summed E-state index contributed by atoms with van der Waals surface area (Å²) >= 11 is 0. The molecular weight excluding hydrogens is 401 g/mol. The van der Waals surface area contributed by atoms with Crippen LogP contribution in [0, 0.1) is 30.2 Å². The predicted octanol–water partition coefficient (Wildman–Crippen LogP) is 6.83. The largest absolute Gasteiger partial charge is 0.478 e. The van der Waals surface area contributed by atoms with Gasteiger partial charge in [-0.3, -0.25) is 0 Å². The van der Waals surface area contributed by atoms with E-state index in [1.165, 1.54) is 0 Å². The summed E-state index contributed by atoms with van der Waals surface area (Å²) < 4.78 is 97.9. The number of halogens is 7. The molecule has 1 nitrogen and oxygen atoms in total. The maximum absolute atomic E-state index is 14.6. The second-order valence-corrected chi connectivity index (χ2v) is 6.35. The molecule has 0 amide bonds. The van der Waals surface area contributed by atoms with Crippen molar-refractivity contribution < 1.29 is 35.5 Å². The first-order chi connectivity index (χ1) is 13.5. The van der Waals surface area contributed by atoms with Crippen LogP contribution in [0.4, 0.5) is 30.7 Å². The normalized spacial score (nSPS) is 11.6. The number of rotatable bonds is 4. The zero-order valence-corrected chi connectivity index (χ0v) is 14.9. The van der Waals surface area contributed by atoms with Gasteiger partial charge in [-0.2, -0.15) is 13.2 Å². The summed E-state index contributed by atoms with van der Waals surface area (Å²) in [5.74, 6) is -6.45. The highest BCUT2D eigenvalue weighted by Gasteiger charge is 2.30. The second kappa shape index (κ2) is 7.77. The first-order valence-corrected chi connectivity index (χ1v) is 8.30.